The molecule has 0 aromatic carbocycles. The summed E-state index contributed by atoms with van der Waals surface area (Å²) in [5.74, 6) is -0.885. The van der Waals surface area contributed by atoms with E-state index in [1.165, 1.54) is 0 Å². The number of hydrogen-bond acceptors (Lipinski definition) is 4. The van der Waals surface area contributed by atoms with Gasteiger partial charge in [0.15, 0.2) is 0 Å². The molecule has 9 heavy (non-hydrogen) atoms. The van der Waals surface area contributed by atoms with Crippen molar-refractivity contribution in [1.82, 2.24) is 0 Å². The van der Waals surface area contributed by atoms with Gasteiger partial charge in [-0.1, -0.05) is 0 Å². The van der Waals surface area contributed by atoms with Gasteiger partial charge < -0.3 is 10.5 Å². The number of amides is 1. The summed E-state index contributed by atoms with van der Waals surface area (Å²) < 4.78 is 23.8. The van der Waals surface area contributed by atoms with Crippen LogP contribution in [0.1, 0.15) is 0 Å². The molecule has 0 aliphatic carbocycles. The van der Waals surface area contributed by atoms with E-state index in [1.807, 2.05) is 0 Å². The van der Waals surface area contributed by atoms with E-state index in [2.05, 4.69) is 21.2 Å². The minimum atomic E-state index is -3.77. The molecule has 0 aliphatic heterocycles. The molecule has 5 nitrogen and oxygen atoms in total. The van der Waals surface area contributed by atoms with Crippen LogP contribution in [0.2, 0.25) is 0 Å². The van der Waals surface area contributed by atoms with Gasteiger partial charge in [0.05, 0.1) is 0 Å². The van der Waals surface area contributed by atoms with Crippen molar-refractivity contribution < 1.29 is 17.9 Å². The molecule has 0 saturated heterocycles. The summed E-state index contributed by atoms with van der Waals surface area (Å²) in [4.78, 5) is 9.72. The van der Waals surface area contributed by atoms with Crippen LogP contribution < -0.4 is 5.73 Å². The maximum Gasteiger partial charge on any atom is 0.405 e. The van der Waals surface area contributed by atoms with Crippen molar-refractivity contribution in [1.29, 1.82) is 0 Å². The second kappa shape index (κ2) is 2.88. The highest BCUT2D eigenvalue weighted by Crippen LogP contribution is 1.95. The molecule has 0 saturated carbocycles. The van der Waals surface area contributed by atoms with E-state index in [4.69, 9.17) is 0 Å². The normalized spacial score (nSPS) is 10.8. The van der Waals surface area contributed by atoms with Gasteiger partial charge in [0.25, 0.3) is 9.05 Å². The zero-order chi connectivity index (χ0) is 7.49. The van der Waals surface area contributed by atoms with Crippen molar-refractivity contribution in [2.24, 2.45) is 5.73 Å². The summed E-state index contributed by atoms with van der Waals surface area (Å²) in [5.41, 5.74) is 4.42. The summed E-state index contributed by atoms with van der Waals surface area (Å²) in [7, 11) is 0.847. The molecule has 0 aromatic rings. The van der Waals surface area contributed by atoms with Crippen LogP contribution in [0.15, 0.2) is 0 Å². The number of halogens is 1. The van der Waals surface area contributed by atoms with E-state index in [9.17, 15) is 13.2 Å². The number of primary amides is 1. The van der Waals surface area contributed by atoms with Crippen molar-refractivity contribution in [2.75, 3.05) is 5.94 Å². The molecule has 0 spiro atoms. The van der Waals surface area contributed by atoms with E-state index in [1.54, 1.807) is 0 Å². The molecular formula is C2H4ClNO4S. The Morgan fingerprint density at radius 3 is 2.22 bits per heavy atom. The zero-order valence-electron chi connectivity index (χ0n) is 4.20. The topological polar surface area (TPSA) is 86.5 Å². The van der Waals surface area contributed by atoms with E-state index in [-0.39, 0.29) is 0 Å². The van der Waals surface area contributed by atoms with Crippen LogP contribution in [0.5, 0.6) is 0 Å². The first-order chi connectivity index (χ1) is 3.92. The Kier molecular flexibility index (Phi) is 2.72. The van der Waals surface area contributed by atoms with Gasteiger partial charge in [0.2, 0.25) is 5.94 Å². The molecular weight excluding hydrogens is 170 g/mol. The molecule has 0 fully saturated rings. The molecule has 0 atom stereocenters. The lowest BCUT2D eigenvalue weighted by atomic mass is 11.2. The molecule has 0 aromatic heterocycles. The highest BCUT2D eigenvalue weighted by molar-refractivity contribution is 8.13. The summed E-state index contributed by atoms with van der Waals surface area (Å²) in [6.07, 6.45) is -1.17. The van der Waals surface area contributed by atoms with Gasteiger partial charge in [0.1, 0.15) is 0 Å². The van der Waals surface area contributed by atoms with Crippen LogP contribution in [0.3, 0.4) is 0 Å². The second-order valence-electron chi connectivity index (χ2n) is 1.12. The Bertz CT molecular complexity index is 197. The fourth-order valence-electron chi connectivity index (χ4n) is 0.128. The summed E-state index contributed by atoms with van der Waals surface area (Å²) in [5, 5.41) is 0. The molecule has 0 radical (unpaired) electrons. The standard InChI is InChI=1S/C2H4ClNO4S/c3-9(6,7)1-8-2(4)5/h1H2,(H2,4,5). The van der Waals surface area contributed by atoms with Crippen molar-refractivity contribution in [3.8, 4) is 0 Å². The SMILES string of the molecule is NC(=O)OCS(=O)(=O)Cl. The maximum atomic E-state index is 9.97. The van der Waals surface area contributed by atoms with Crippen LogP contribution in [-0.2, 0) is 13.8 Å². The monoisotopic (exact) mass is 173 g/mol. The predicted octanol–water partition coefficient (Wildman–Crippen LogP) is -0.392. The molecule has 7 heteroatoms. The molecule has 0 unspecified atom stereocenters. The molecule has 2 N–H and O–H groups in total. The summed E-state index contributed by atoms with van der Waals surface area (Å²) >= 11 is 0. The third kappa shape index (κ3) is 7.51. The van der Waals surface area contributed by atoms with Gasteiger partial charge in [-0.05, 0) is 0 Å². The number of rotatable bonds is 2. The van der Waals surface area contributed by atoms with Crippen LogP contribution in [0.25, 0.3) is 0 Å². The van der Waals surface area contributed by atoms with E-state index in [0.717, 1.165) is 0 Å². The van der Waals surface area contributed by atoms with E-state index >= 15 is 0 Å². The number of ether oxygens (including phenoxy) is 1. The second-order valence-corrected chi connectivity index (χ2v) is 3.84. The fraction of sp³-hybridized carbons (Fsp3) is 0.500. The quantitative estimate of drug-likeness (QED) is 0.576. The van der Waals surface area contributed by atoms with Gasteiger partial charge in [-0.2, -0.15) is 0 Å². The molecule has 0 rings (SSSR count). The minimum Gasteiger partial charge on any atom is -0.432 e. The number of hydrogen-bond donors (Lipinski definition) is 1. The van der Waals surface area contributed by atoms with Gasteiger partial charge in [-0.15, -0.1) is 0 Å². The Balaban J connectivity index is 3.67. The van der Waals surface area contributed by atoms with Crippen LogP contribution in [0, 0.1) is 0 Å². The molecule has 0 bridgehead atoms. The third-order valence-electron chi connectivity index (χ3n) is 0.342. The average Bonchev–Trinajstić information content (AvgIpc) is 1.59. The molecule has 0 aliphatic rings. The first-order valence-corrected chi connectivity index (χ1v) is 4.24. The zero-order valence-corrected chi connectivity index (χ0v) is 5.78. The Morgan fingerprint density at radius 1 is 1.67 bits per heavy atom. The van der Waals surface area contributed by atoms with Gasteiger partial charge in [-0.25, -0.2) is 13.2 Å². The van der Waals surface area contributed by atoms with Crippen LogP contribution >= 0.6 is 10.7 Å². The van der Waals surface area contributed by atoms with Crippen molar-refractivity contribution >= 4 is 25.8 Å². The summed E-state index contributed by atoms with van der Waals surface area (Å²) in [6, 6.07) is 0. The first kappa shape index (κ1) is 8.51. The first-order valence-electron chi connectivity index (χ1n) is 1.76. The smallest absolute Gasteiger partial charge is 0.405 e. The Hall–Kier alpha value is -0.490. The lowest BCUT2D eigenvalue weighted by Crippen LogP contribution is -2.16. The lowest BCUT2D eigenvalue weighted by Gasteiger charge is -1.94. The van der Waals surface area contributed by atoms with Crippen LogP contribution in [-0.4, -0.2) is 20.4 Å². The van der Waals surface area contributed by atoms with Gasteiger partial charge in [-0.3, -0.25) is 0 Å². The van der Waals surface area contributed by atoms with Crippen molar-refractivity contribution in [3.05, 3.63) is 0 Å². The van der Waals surface area contributed by atoms with Gasteiger partial charge in [0, 0.05) is 10.7 Å². The number of nitrogens with two attached hydrogens (primary N) is 1. The highest BCUT2D eigenvalue weighted by Gasteiger charge is 2.06. The molecule has 1 amide bonds. The fourth-order valence-corrected chi connectivity index (χ4v) is 0.519. The molecule has 54 valence electrons. The highest BCUT2D eigenvalue weighted by atomic mass is 35.7. The minimum absolute atomic E-state index is 0.885. The largest absolute Gasteiger partial charge is 0.432 e. The number of carbonyl (C=O) groups excluding carboxylic acids is 1. The maximum absolute atomic E-state index is 9.97. The third-order valence-corrected chi connectivity index (χ3v) is 1.01. The Morgan fingerprint density at radius 2 is 2.11 bits per heavy atom. The van der Waals surface area contributed by atoms with E-state index in [0.29, 0.717) is 0 Å². The summed E-state index contributed by atoms with van der Waals surface area (Å²) in [6.45, 7) is 0. The van der Waals surface area contributed by atoms with Crippen LogP contribution in [0.4, 0.5) is 4.79 Å². The predicted molar refractivity (Wildman–Crippen MR) is 30.3 cm³/mol. The average molecular weight is 174 g/mol. The van der Waals surface area contributed by atoms with Crippen molar-refractivity contribution in [2.45, 2.75) is 0 Å². The van der Waals surface area contributed by atoms with Gasteiger partial charge >= 0.3 is 6.09 Å². The number of carbonyl (C=O) groups is 1. The van der Waals surface area contributed by atoms with Crippen molar-refractivity contribution in [3.63, 3.8) is 0 Å². The molecule has 0 heterocycles. The van der Waals surface area contributed by atoms with E-state index < -0.39 is 21.1 Å². The lowest BCUT2D eigenvalue weighted by molar-refractivity contribution is 0.175. The Labute approximate surface area is 56.2 Å².